The molecule has 1 aromatic heterocycles. The van der Waals surface area contributed by atoms with Gasteiger partial charge in [0.25, 0.3) is 0 Å². The van der Waals surface area contributed by atoms with Crippen molar-refractivity contribution < 1.29 is 14.4 Å². The van der Waals surface area contributed by atoms with Crippen LogP contribution in [0, 0.1) is 0 Å². The van der Waals surface area contributed by atoms with Crippen molar-refractivity contribution in [3.63, 3.8) is 0 Å². The van der Waals surface area contributed by atoms with Gasteiger partial charge in [0.05, 0.1) is 5.41 Å². The number of fused-ring (bicyclic) bond motifs is 2. The molecule has 4 rings (SSSR count). The summed E-state index contributed by atoms with van der Waals surface area (Å²) in [7, 11) is 0. The van der Waals surface area contributed by atoms with Crippen LogP contribution in [0.1, 0.15) is 24.0 Å². The van der Waals surface area contributed by atoms with Gasteiger partial charge in [0.2, 0.25) is 17.7 Å². The number of hydrogen-bond acceptors (Lipinski definition) is 4. The first-order chi connectivity index (χ1) is 13.5. The molecule has 1 aromatic carbocycles. The number of amides is 3. The molecule has 7 heteroatoms. The molecular weight excluding hydrogens is 356 g/mol. The monoisotopic (exact) mass is 378 g/mol. The number of benzene rings is 1. The van der Waals surface area contributed by atoms with Crippen LogP contribution in [0.5, 0.6) is 0 Å². The van der Waals surface area contributed by atoms with Crippen molar-refractivity contribution in [1.29, 1.82) is 0 Å². The van der Waals surface area contributed by atoms with E-state index in [0.29, 0.717) is 32.4 Å². The second-order valence-corrected chi connectivity index (χ2v) is 7.38. The highest BCUT2D eigenvalue weighted by molar-refractivity contribution is 6.11. The van der Waals surface area contributed by atoms with Crippen LogP contribution in [-0.2, 0) is 26.2 Å². The maximum absolute atomic E-state index is 13.2. The predicted molar refractivity (Wildman–Crippen MR) is 103 cm³/mol. The predicted octanol–water partition coefficient (Wildman–Crippen LogP) is 1.02. The Kier molecular flexibility index (Phi) is 4.58. The molecule has 2 aliphatic heterocycles. The van der Waals surface area contributed by atoms with Crippen molar-refractivity contribution >= 4 is 23.4 Å². The number of rotatable bonds is 5. The molecule has 2 N–H and O–H groups in total. The van der Waals surface area contributed by atoms with Gasteiger partial charge in [0.1, 0.15) is 6.54 Å². The Morgan fingerprint density at radius 1 is 1.14 bits per heavy atom. The third kappa shape index (κ3) is 3.02. The van der Waals surface area contributed by atoms with Crippen molar-refractivity contribution in [3.05, 3.63) is 59.9 Å². The molecule has 0 unspecified atom stereocenters. The maximum atomic E-state index is 13.2. The fraction of sp³-hybridized carbons (Fsp3) is 0.333. The molecule has 0 aliphatic carbocycles. The molecule has 144 valence electrons. The number of carbonyl (C=O) groups is 3. The Balaban J connectivity index is 1.52. The molecule has 1 fully saturated rings. The second kappa shape index (κ2) is 7.07. The summed E-state index contributed by atoms with van der Waals surface area (Å²) in [5.74, 6) is -0.660. The maximum Gasteiger partial charge on any atom is 0.240 e. The van der Waals surface area contributed by atoms with E-state index in [1.165, 1.54) is 4.90 Å². The molecule has 1 saturated heterocycles. The lowest BCUT2D eigenvalue weighted by atomic mass is 9.81. The van der Waals surface area contributed by atoms with E-state index < -0.39 is 11.3 Å². The van der Waals surface area contributed by atoms with Gasteiger partial charge in [-0.3, -0.25) is 19.4 Å². The molecular formula is C21H22N4O3. The molecule has 0 radical (unpaired) electrons. The first-order valence-electron chi connectivity index (χ1n) is 9.38. The van der Waals surface area contributed by atoms with Gasteiger partial charge in [-0.25, -0.2) is 0 Å². The third-order valence-electron chi connectivity index (χ3n) is 5.68. The van der Waals surface area contributed by atoms with Crippen LogP contribution in [0.3, 0.4) is 0 Å². The Morgan fingerprint density at radius 2 is 1.89 bits per heavy atom. The SMILES string of the molecule is NC(=O)CN1C(=O)[C@]2(CCN(C(=O)CCc3ccncc3)C2)c2ccccc21. The average Bonchev–Trinajstić information content (AvgIpc) is 3.25. The molecule has 3 heterocycles. The zero-order valence-electron chi connectivity index (χ0n) is 15.5. The Labute approximate surface area is 163 Å². The number of pyridine rings is 1. The van der Waals surface area contributed by atoms with Crippen LogP contribution in [0.25, 0.3) is 0 Å². The molecule has 3 amide bonds. The fourth-order valence-corrected chi connectivity index (χ4v) is 4.29. The smallest absolute Gasteiger partial charge is 0.240 e. The first-order valence-corrected chi connectivity index (χ1v) is 9.38. The van der Waals surface area contributed by atoms with E-state index in [4.69, 9.17) is 5.73 Å². The highest BCUT2D eigenvalue weighted by Gasteiger charge is 2.55. The van der Waals surface area contributed by atoms with Crippen molar-refractivity contribution in [2.24, 2.45) is 5.73 Å². The topological polar surface area (TPSA) is 96.6 Å². The number of hydrogen-bond donors (Lipinski definition) is 1. The fourth-order valence-electron chi connectivity index (χ4n) is 4.29. The van der Waals surface area contributed by atoms with Gasteiger partial charge in [-0.05, 0) is 42.2 Å². The lowest BCUT2D eigenvalue weighted by Gasteiger charge is -2.24. The summed E-state index contributed by atoms with van der Waals surface area (Å²) < 4.78 is 0. The van der Waals surface area contributed by atoms with E-state index in [0.717, 1.165) is 16.8 Å². The van der Waals surface area contributed by atoms with Gasteiger partial charge < -0.3 is 15.5 Å². The number of anilines is 1. The highest BCUT2D eigenvalue weighted by Crippen LogP contribution is 2.47. The molecule has 28 heavy (non-hydrogen) atoms. The summed E-state index contributed by atoms with van der Waals surface area (Å²) in [5.41, 5.74) is 7.23. The highest BCUT2D eigenvalue weighted by atomic mass is 16.2. The van der Waals surface area contributed by atoms with Crippen molar-refractivity contribution in [1.82, 2.24) is 9.88 Å². The number of aryl methyl sites for hydroxylation is 1. The van der Waals surface area contributed by atoms with Gasteiger partial charge in [-0.1, -0.05) is 18.2 Å². The van der Waals surface area contributed by atoms with Gasteiger partial charge in [-0.2, -0.15) is 0 Å². The number of nitrogens with zero attached hydrogens (tertiary/aromatic N) is 3. The van der Waals surface area contributed by atoms with Crippen molar-refractivity contribution in [3.8, 4) is 0 Å². The lowest BCUT2D eigenvalue weighted by Crippen LogP contribution is -2.45. The Hall–Kier alpha value is -3.22. The standard InChI is InChI=1S/C21H22N4O3/c22-18(26)13-25-17-4-2-1-3-16(17)21(20(25)28)9-12-24(14-21)19(27)6-5-15-7-10-23-11-8-15/h1-4,7-8,10-11H,5-6,9,12-14H2,(H2,22,26)/t21-/m0/s1. The Morgan fingerprint density at radius 3 is 2.64 bits per heavy atom. The average molecular weight is 378 g/mol. The second-order valence-electron chi connectivity index (χ2n) is 7.38. The summed E-state index contributed by atoms with van der Waals surface area (Å²) in [6.45, 7) is 0.723. The number of para-hydroxylation sites is 1. The molecule has 0 saturated carbocycles. The summed E-state index contributed by atoms with van der Waals surface area (Å²) >= 11 is 0. The van der Waals surface area contributed by atoms with E-state index in [2.05, 4.69) is 4.98 Å². The summed E-state index contributed by atoms with van der Waals surface area (Å²) in [5, 5.41) is 0. The minimum absolute atomic E-state index is 0.0346. The molecule has 2 aromatic rings. The Bertz CT molecular complexity index is 930. The zero-order chi connectivity index (χ0) is 19.7. The van der Waals surface area contributed by atoms with Crippen molar-refractivity contribution in [2.45, 2.75) is 24.7 Å². The van der Waals surface area contributed by atoms with Crippen LogP contribution in [0.15, 0.2) is 48.8 Å². The van der Waals surface area contributed by atoms with Crippen LogP contribution in [0.4, 0.5) is 5.69 Å². The molecule has 1 atom stereocenters. The summed E-state index contributed by atoms with van der Waals surface area (Å²) in [6.07, 6.45) is 5.02. The van der Waals surface area contributed by atoms with E-state index in [-0.39, 0.29) is 18.4 Å². The summed E-state index contributed by atoms with van der Waals surface area (Å²) in [6, 6.07) is 11.3. The van der Waals surface area contributed by atoms with Crippen molar-refractivity contribution in [2.75, 3.05) is 24.5 Å². The first kappa shape index (κ1) is 18.2. The molecule has 1 spiro atoms. The van der Waals surface area contributed by atoms with E-state index in [1.54, 1.807) is 17.3 Å². The number of nitrogens with two attached hydrogens (primary N) is 1. The minimum Gasteiger partial charge on any atom is -0.368 e. The molecule has 7 nitrogen and oxygen atoms in total. The van der Waals surface area contributed by atoms with Crippen LogP contribution in [-0.4, -0.2) is 47.2 Å². The van der Waals surface area contributed by atoms with Gasteiger partial charge >= 0.3 is 0 Å². The third-order valence-corrected chi connectivity index (χ3v) is 5.68. The number of primary amides is 1. The largest absolute Gasteiger partial charge is 0.368 e. The van der Waals surface area contributed by atoms with E-state index in [1.807, 2.05) is 36.4 Å². The van der Waals surface area contributed by atoms with Crippen LogP contribution >= 0.6 is 0 Å². The minimum atomic E-state index is -0.779. The molecule has 2 aliphatic rings. The van der Waals surface area contributed by atoms with E-state index in [9.17, 15) is 14.4 Å². The van der Waals surface area contributed by atoms with Gasteiger partial charge in [-0.15, -0.1) is 0 Å². The quantitative estimate of drug-likeness (QED) is 0.840. The lowest BCUT2D eigenvalue weighted by molar-refractivity contribution is -0.131. The number of carbonyl (C=O) groups excluding carboxylic acids is 3. The van der Waals surface area contributed by atoms with Crippen LogP contribution < -0.4 is 10.6 Å². The normalized spacial score (nSPS) is 20.6. The van der Waals surface area contributed by atoms with E-state index >= 15 is 0 Å². The summed E-state index contributed by atoms with van der Waals surface area (Å²) in [4.78, 5) is 44.7. The molecule has 0 bridgehead atoms. The van der Waals surface area contributed by atoms with Gasteiger partial charge in [0.15, 0.2) is 0 Å². The zero-order valence-corrected chi connectivity index (χ0v) is 15.5. The van der Waals surface area contributed by atoms with Gasteiger partial charge in [0, 0.05) is 37.6 Å². The number of aromatic nitrogens is 1. The number of likely N-dealkylation sites (tertiary alicyclic amines) is 1. The van der Waals surface area contributed by atoms with Crippen LogP contribution in [0.2, 0.25) is 0 Å².